The van der Waals surface area contributed by atoms with Crippen LogP contribution in [0.25, 0.3) is 0 Å². The smallest absolute Gasteiger partial charge is 0.231 e. The van der Waals surface area contributed by atoms with E-state index < -0.39 is 0 Å². The van der Waals surface area contributed by atoms with E-state index in [0.29, 0.717) is 13.0 Å². The van der Waals surface area contributed by atoms with Gasteiger partial charge in [-0.15, -0.1) is 0 Å². The van der Waals surface area contributed by atoms with Crippen LogP contribution in [0.4, 0.5) is 0 Å². The minimum absolute atomic E-state index is 0.129. The first-order valence-electron chi connectivity index (χ1n) is 5.93. The molecule has 0 saturated carbocycles. The van der Waals surface area contributed by atoms with Crippen LogP contribution in [0.1, 0.15) is 12.0 Å². The summed E-state index contributed by atoms with van der Waals surface area (Å²) < 4.78 is 10.4. The van der Waals surface area contributed by atoms with Crippen molar-refractivity contribution in [1.82, 2.24) is 4.90 Å². The van der Waals surface area contributed by atoms with Crippen molar-refractivity contribution in [3.63, 3.8) is 0 Å². The largest absolute Gasteiger partial charge is 0.497 e. The molecule has 4 heteroatoms. The number of rotatable bonds is 6. The normalized spacial score (nSPS) is 18.2. The SMILES string of the molecule is C=COC1CC(=O)N1CCc1cccc(OC)c1. The van der Waals surface area contributed by atoms with Gasteiger partial charge in [-0.1, -0.05) is 18.7 Å². The molecule has 1 heterocycles. The molecule has 1 aliphatic rings. The fourth-order valence-electron chi connectivity index (χ4n) is 2.00. The van der Waals surface area contributed by atoms with Gasteiger partial charge in [-0.25, -0.2) is 0 Å². The highest BCUT2D eigenvalue weighted by Gasteiger charge is 2.36. The molecule has 0 aliphatic carbocycles. The van der Waals surface area contributed by atoms with Crippen molar-refractivity contribution in [2.75, 3.05) is 13.7 Å². The Morgan fingerprint density at radius 2 is 2.39 bits per heavy atom. The van der Waals surface area contributed by atoms with Gasteiger partial charge < -0.3 is 14.4 Å². The van der Waals surface area contributed by atoms with Crippen LogP contribution in [0.2, 0.25) is 0 Å². The molecule has 1 saturated heterocycles. The van der Waals surface area contributed by atoms with Gasteiger partial charge in [0.25, 0.3) is 0 Å². The maximum absolute atomic E-state index is 11.4. The molecule has 96 valence electrons. The summed E-state index contributed by atoms with van der Waals surface area (Å²) in [6.45, 7) is 4.16. The van der Waals surface area contributed by atoms with Crippen LogP contribution in [-0.4, -0.2) is 30.7 Å². The average molecular weight is 247 g/mol. The first-order valence-corrected chi connectivity index (χ1v) is 5.93. The first-order chi connectivity index (χ1) is 8.74. The second-order valence-electron chi connectivity index (χ2n) is 4.15. The van der Waals surface area contributed by atoms with Crippen LogP contribution >= 0.6 is 0 Å². The minimum atomic E-state index is -0.138. The Bertz CT molecular complexity index is 442. The standard InChI is InChI=1S/C14H17NO3/c1-3-18-14-10-13(16)15(14)8-7-11-5-4-6-12(9-11)17-2/h3-6,9,14H,1,7-8,10H2,2H3. The zero-order valence-electron chi connectivity index (χ0n) is 10.5. The molecule has 0 N–H and O–H groups in total. The Kier molecular flexibility index (Phi) is 3.87. The number of carbonyl (C=O) groups excluding carboxylic acids is 1. The quantitative estimate of drug-likeness (QED) is 0.569. The van der Waals surface area contributed by atoms with Crippen LogP contribution in [0.3, 0.4) is 0 Å². The van der Waals surface area contributed by atoms with Crippen LogP contribution in [0.15, 0.2) is 37.1 Å². The summed E-state index contributed by atoms with van der Waals surface area (Å²) in [4.78, 5) is 13.2. The van der Waals surface area contributed by atoms with Gasteiger partial charge in [-0.05, 0) is 24.1 Å². The predicted octanol–water partition coefficient (Wildman–Crippen LogP) is 1.96. The van der Waals surface area contributed by atoms with E-state index >= 15 is 0 Å². The van der Waals surface area contributed by atoms with E-state index in [0.717, 1.165) is 17.7 Å². The van der Waals surface area contributed by atoms with E-state index in [-0.39, 0.29) is 12.1 Å². The third kappa shape index (κ3) is 2.64. The number of hydrogen-bond donors (Lipinski definition) is 0. The molecule has 1 aliphatic heterocycles. The molecule has 0 bridgehead atoms. The van der Waals surface area contributed by atoms with E-state index in [1.54, 1.807) is 12.0 Å². The molecule has 1 atom stereocenters. The highest BCUT2D eigenvalue weighted by Crippen LogP contribution is 2.21. The van der Waals surface area contributed by atoms with E-state index in [1.165, 1.54) is 6.26 Å². The maximum Gasteiger partial charge on any atom is 0.231 e. The van der Waals surface area contributed by atoms with Crippen molar-refractivity contribution in [3.8, 4) is 5.75 Å². The van der Waals surface area contributed by atoms with Crippen molar-refractivity contribution >= 4 is 5.91 Å². The lowest BCUT2D eigenvalue weighted by atomic mass is 10.1. The predicted molar refractivity (Wildman–Crippen MR) is 68.1 cm³/mol. The van der Waals surface area contributed by atoms with Crippen LogP contribution in [-0.2, 0) is 16.0 Å². The molecule has 0 aromatic heterocycles. The molecular formula is C14H17NO3. The Labute approximate surface area is 107 Å². The Balaban J connectivity index is 1.90. The fourth-order valence-corrected chi connectivity index (χ4v) is 2.00. The topological polar surface area (TPSA) is 38.8 Å². The Morgan fingerprint density at radius 1 is 1.56 bits per heavy atom. The summed E-state index contributed by atoms with van der Waals surface area (Å²) in [7, 11) is 1.64. The van der Waals surface area contributed by atoms with Crippen LogP contribution < -0.4 is 4.74 Å². The molecule has 0 spiro atoms. The molecule has 1 fully saturated rings. The molecule has 1 unspecified atom stereocenters. The van der Waals surface area contributed by atoms with Gasteiger partial charge in [-0.3, -0.25) is 4.79 Å². The number of methoxy groups -OCH3 is 1. The van der Waals surface area contributed by atoms with E-state index in [2.05, 4.69) is 6.58 Å². The van der Waals surface area contributed by atoms with Gasteiger partial charge in [0.05, 0.1) is 19.8 Å². The second kappa shape index (κ2) is 5.58. The summed E-state index contributed by atoms with van der Waals surface area (Å²) in [5.74, 6) is 0.964. The van der Waals surface area contributed by atoms with Gasteiger partial charge in [0.1, 0.15) is 5.75 Å². The molecule has 1 aromatic rings. The van der Waals surface area contributed by atoms with Crippen molar-refractivity contribution in [2.45, 2.75) is 19.1 Å². The zero-order valence-corrected chi connectivity index (χ0v) is 10.5. The van der Waals surface area contributed by atoms with Gasteiger partial charge in [0.15, 0.2) is 6.23 Å². The maximum atomic E-state index is 11.4. The number of nitrogens with zero attached hydrogens (tertiary/aromatic N) is 1. The van der Waals surface area contributed by atoms with Gasteiger partial charge in [0.2, 0.25) is 5.91 Å². The molecule has 0 radical (unpaired) electrons. The summed E-state index contributed by atoms with van der Waals surface area (Å²) in [5.41, 5.74) is 1.14. The number of likely N-dealkylation sites (tertiary alicyclic amines) is 1. The molecule has 4 nitrogen and oxygen atoms in total. The highest BCUT2D eigenvalue weighted by molar-refractivity contribution is 5.82. The third-order valence-corrected chi connectivity index (χ3v) is 3.05. The molecular weight excluding hydrogens is 230 g/mol. The minimum Gasteiger partial charge on any atom is -0.497 e. The van der Waals surface area contributed by atoms with Crippen LogP contribution in [0, 0.1) is 0 Å². The monoisotopic (exact) mass is 247 g/mol. The number of amides is 1. The molecule has 1 aromatic carbocycles. The lowest BCUT2D eigenvalue weighted by Crippen LogP contribution is -2.53. The molecule has 1 amide bonds. The van der Waals surface area contributed by atoms with Crippen molar-refractivity contribution in [1.29, 1.82) is 0 Å². The van der Waals surface area contributed by atoms with E-state index in [1.807, 2.05) is 24.3 Å². The first kappa shape index (κ1) is 12.5. The number of hydrogen-bond acceptors (Lipinski definition) is 3. The number of benzene rings is 1. The second-order valence-corrected chi connectivity index (χ2v) is 4.15. The number of carbonyl (C=O) groups is 1. The van der Waals surface area contributed by atoms with Crippen molar-refractivity contribution in [3.05, 3.63) is 42.7 Å². The lowest BCUT2D eigenvalue weighted by Gasteiger charge is -2.39. The summed E-state index contributed by atoms with van der Waals surface area (Å²) in [6, 6.07) is 7.86. The number of β-lactam (4-membered cyclic amide) rings is 1. The average Bonchev–Trinajstić information content (AvgIpc) is 2.39. The lowest BCUT2D eigenvalue weighted by molar-refractivity contribution is -0.165. The van der Waals surface area contributed by atoms with E-state index in [4.69, 9.17) is 9.47 Å². The van der Waals surface area contributed by atoms with Gasteiger partial charge >= 0.3 is 0 Å². The molecule has 18 heavy (non-hydrogen) atoms. The van der Waals surface area contributed by atoms with E-state index in [9.17, 15) is 4.79 Å². The van der Waals surface area contributed by atoms with Gasteiger partial charge in [0, 0.05) is 6.54 Å². The zero-order chi connectivity index (χ0) is 13.0. The summed E-state index contributed by atoms with van der Waals surface area (Å²) in [5, 5.41) is 0. The summed E-state index contributed by atoms with van der Waals surface area (Å²) in [6.07, 6.45) is 2.49. The third-order valence-electron chi connectivity index (χ3n) is 3.05. The summed E-state index contributed by atoms with van der Waals surface area (Å²) >= 11 is 0. The van der Waals surface area contributed by atoms with Crippen molar-refractivity contribution < 1.29 is 14.3 Å². The van der Waals surface area contributed by atoms with Crippen molar-refractivity contribution in [2.24, 2.45) is 0 Å². The Hall–Kier alpha value is -1.97. The highest BCUT2D eigenvalue weighted by atomic mass is 16.5. The van der Waals surface area contributed by atoms with Crippen LogP contribution in [0.5, 0.6) is 5.75 Å². The van der Waals surface area contributed by atoms with Gasteiger partial charge in [-0.2, -0.15) is 0 Å². The fraction of sp³-hybridized carbons (Fsp3) is 0.357. The number of ether oxygens (including phenoxy) is 2. The Morgan fingerprint density at radius 3 is 3.06 bits per heavy atom. The molecule has 2 rings (SSSR count).